The van der Waals surface area contributed by atoms with Gasteiger partial charge in [-0.3, -0.25) is 4.90 Å². The molecule has 96 valence electrons. The molecule has 0 radical (unpaired) electrons. The smallest absolute Gasteiger partial charge is 0.0590 e. The van der Waals surface area contributed by atoms with Gasteiger partial charge in [-0.05, 0) is 38.5 Å². The fourth-order valence-corrected chi connectivity index (χ4v) is 2.11. The molecule has 0 saturated carbocycles. The van der Waals surface area contributed by atoms with Gasteiger partial charge in [-0.1, -0.05) is 12.1 Å². The Kier molecular flexibility index (Phi) is 5.45. The molecule has 1 unspecified atom stereocenters. The Balaban J connectivity index is 2.79. The highest BCUT2D eigenvalue weighted by atomic mass is 16.5. The largest absolute Gasteiger partial charge is 0.399 e. The third-order valence-electron chi connectivity index (χ3n) is 3.11. The van der Waals surface area contributed by atoms with E-state index in [0.717, 1.165) is 18.8 Å². The van der Waals surface area contributed by atoms with Crippen LogP contribution >= 0.6 is 0 Å². The normalized spacial score (nSPS) is 13.3. The molecule has 0 bridgehead atoms. The van der Waals surface area contributed by atoms with Gasteiger partial charge in [0.05, 0.1) is 6.61 Å². The summed E-state index contributed by atoms with van der Waals surface area (Å²) in [4.78, 5) is 2.41. The van der Waals surface area contributed by atoms with Crippen LogP contribution < -0.4 is 5.73 Å². The van der Waals surface area contributed by atoms with Crippen LogP contribution in [-0.2, 0) is 4.74 Å². The Labute approximate surface area is 105 Å². The average molecular weight is 236 g/mol. The highest BCUT2D eigenvalue weighted by Crippen LogP contribution is 2.23. The molecule has 0 amide bonds. The number of hydrogen-bond acceptors (Lipinski definition) is 3. The Morgan fingerprint density at radius 3 is 2.53 bits per heavy atom. The van der Waals surface area contributed by atoms with Gasteiger partial charge in [0.2, 0.25) is 0 Å². The molecule has 0 fully saturated rings. The van der Waals surface area contributed by atoms with Crippen LogP contribution in [0.15, 0.2) is 24.3 Å². The zero-order chi connectivity index (χ0) is 12.8. The molecular weight excluding hydrogens is 212 g/mol. The summed E-state index contributed by atoms with van der Waals surface area (Å²) in [5.41, 5.74) is 7.91. The monoisotopic (exact) mass is 236 g/mol. The quantitative estimate of drug-likeness (QED) is 0.772. The van der Waals surface area contributed by atoms with Crippen molar-refractivity contribution in [1.29, 1.82) is 0 Å². The lowest BCUT2D eigenvalue weighted by Crippen LogP contribution is -2.36. The molecule has 0 heterocycles. The second kappa shape index (κ2) is 6.62. The van der Waals surface area contributed by atoms with Crippen LogP contribution in [0.4, 0.5) is 5.69 Å². The van der Waals surface area contributed by atoms with Crippen molar-refractivity contribution in [1.82, 2.24) is 4.90 Å². The van der Waals surface area contributed by atoms with Crippen LogP contribution in [0.3, 0.4) is 0 Å². The number of nitrogens with two attached hydrogens (primary N) is 1. The minimum Gasteiger partial charge on any atom is -0.399 e. The molecule has 3 nitrogen and oxygen atoms in total. The first kappa shape index (κ1) is 14.0. The number of nitrogen functional groups attached to an aromatic ring is 1. The number of ether oxygens (including phenoxy) is 1. The van der Waals surface area contributed by atoms with Gasteiger partial charge in [-0.25, -0.2) is 0 Å². The van der Waals surface area contributed by atoms with Crippen LogP contribution in [0.2, 0.25) is 0 Å². The van der Waals surface area contributed by atoms with Crippen molar-refractivity contribution in [2.24, 2.45) is 0 Å². The highest BCUT2D eigenvalue weighted by molar-refractivity contribution is 5.41. The number of nitrogens with zero attached hydrogens (tertiary/aromatic N) is 1. The lowest BCUT2D eigenvalue weighted by atomic mass is 10.0. The summed E-state index contributed by atoms with van der Waals surface area (Å²) in [6.45, 7) is 8.32. The average Bonchev–Trinajstić information content (AvgIpc) is 2.29. The Morgan fingerprint density at radius 1 is 1.29 bits per heavy atom. The standard InChI is InChI=1S/C14H24N2O/c1-11(2)16(8-9-17-4)12(3)13-6-5-7-14(15)10-13/h5-7,10-12H,8-9,15H2,1-4H3. The highest BCUT2D eigenvalue weighted by Gasteiger charge is 2.18. The number of anilines is 1. The zero-order valence-electron chi connectivity index (χ0n) is 11.3. The Morgan fingerprint density at radius 2 is 2.00 bits per heavy atom. The van der Waals surface area contributed by atoms with E-state index in [4.69, 9.17) is 10.5 Å². The number of rotatable bonds is 6. The number of methoxy groups -OCH3 is 1. The third kappa shape index (κ3) is 4.02. The van der Waals surface area contributed by atoms with E-state index in [1.165, 1.54) is 5.56 Å². The molecule has 2 N–H and O–H groups in total. The minimum atomic E-state index is 0.355. The van der Waals surface area contributed by atoms with Crippen LogP contribution in [0.1, 0.15) is 32.4 Å². The van der Waals surface area contributed by atoms with E-state index >= 15 is 0 Å². The summed E-state index contributed by atoms with van der Waals surface area (Å²) in [5.74, 6) is 0. The first-order valence-electron chi connectivity index (χ1n) is 6.16. The van der Waals surface area contributed by atoms with Crippen molar-refractivity contribution in [3.63, 3.8) is 0 Å². The van der Waals surface area contributed by atoms with Crippen LogP contribution in [-0.4, -0.2) is 31.2 Å². The second-order valence-electron chi connectivity index (χ2n) is 4.67. The topological polar surface area (TPSA) is 38.5 Å². The third-order valence-corrected chi connectivity index (χ3v) is 3.11. The fourth-order valence-electron chi connectivity index (χ4n) is 2.11. The van der Waals surface area contributed by atoms with Crippen molar-refractivity contribution in [3.8, 4) is 0 Å². The maximum absolute atomic E-state index is 5.83. The zero-order valence-corrected chi connectivity index (χ0v) is 11.3. The van der Waals surface area contributed by atoms with E-state index in [1.54, 1.807) is 7.11 Å². The minimum absolute atomic E-state index is 0.355. The number of hydrogen-bond donors (Lipinski definition) is 1. The molecule has 17 heavy (non-hydrogen) atoms. The maximum Gasteiger partial charge on any atom is 0.0590 e. The van der Waals surface area contributed by atoms with E-state index in [-0.39, 0.29) is 0 Å². The van der Waals surface area contributed by atoms with Gasteiger partial charge in [0.25, 0.3) is 0 Å². The van der Waals surface area contributed by atoms with Crippen molar-refractivity contribution in [2.45, 2.75) is 32.9 Å². The Hall–Kier alpha value is -1.06. The van der Waals surface area contributed by atoms with E-state index in [1.807, 2.05) is 18.2 Å². The van der Waals surface area contributed by atoms with Gasteiger partial charge in [0.15, 0.2) is 0 Å². The molecule has 0 aliphatic rings. The van der Waals surface area contributed by atoms with E-state index < -0.39 is 0 Å². The van der Waals surface area contributed by atoms with Gasteiger partial charge in [0, 0.05) is 31.4 Å². The van der Waals surface area contributed by atoms with Gasteiger partial charge in [-0.2, -0.15) is 0 Å². The van der Waals surface area contributed by atoms with Gasteiger partial charge in [0.1, 0.15) is 0 Å². The predicted octanol–water partition coefficient (Wildman–Crippen LogP) is 2.69. The van der Waals surface area contributed by atoms with Crippen LogP contribution in [0, 0.1) is 0 Å². The summed E-state index contributed by atoms with van der Waals surface area (Å²) in [6.07, 6.45) is 0. The first-order valence-corrected chi connectivity index (χ1v) is 6.16. The lowest BCUT2D eigenvalue weighted by Gasteiger charge is -2.32. The SMILES string of the molecule is COCCN(C(C)C)C(C)c1cccc(N)c1. The summed E-state index contributed by atoms with van der Waals surface area (Å²) >= 11 is 0. The maximum atomic E-state index is 5.83. The van der Waals surface area contributed by atoms with E-state index in [0.29, 0.717) is 12.1 Å². The lowest BCUT2D eigenvalue weighted by molar-refractivity contribution is 0.102. The number of benzene rings is 1. The molecule has 0 saturated heterocycles. The summed E-state index contributed by atoms with van der Waals surface area (Å²) in [7, 11) is 1.74. The summed E-state index contributed by atoms with van der Waals surface area (Å²) < 4.78 is 5.17. The molecular formula is C14H24N2O. The molecule has 1 atom stereocenters. The Bertz CT molecular complexity index is 339. The van der Waals surface area contributed by atoms with Crippen molar-refractivity contribution in [2.75, 3.05) is 26.0 Å². The molecule has 0 aliphatic carbocycles. The van der Waals surface area contributed by atoms with Crippen molar-refractivity contribution >= 4 is 5.69 Å². The molecule has 0 aliphatic heterocycles. The van der Waals surface area contributed by atoms with Crippen LogP contribution in [0.5, 0.6) is 0 Å². The van der Waals surface area contributed by atoms with E-state index in [2.05, 4.69) is 31.7 Å². The van der Waals surface area contributed by atoms with E-state index in [9.17, 15) is 0 Å². The van der Waals surface area contributed by atoms with Gasteiger partial charge >= 0.3 is 0 Å². The van der Waals surface area contributed by atoms with Crippen molar-refractivity contribution < 1.29 is 4.74 Å². The summed E-state index contributed by atoms with van der Waals surface area (Å²) in [6, 6.07) is 8.95. The fraction of sp³-hybridized carbons (Fsp3) is 0.571. The predicted molar refractivity (Wildman–Crippen MR) is 73.0 cm³/mol. The summed E-state index contributed by atoms with van der Waals surface area (Å²) in [5, 5.41) is 0. The second-order valence-corrected chi connectivity index (χ2v) is 4.67. The molecule has 1 aromatic carbocycles. The molecule has 0 aromatic heterocycles. The molecule has 3 heteroatoms. The van der Waals surface area contributed by atoms with Crippen LogP contribution in [0.25, 0.3) is 0 Å². The van der Waals surface area contributed by atoms with Gasteiger partial charge in [-0.15, -0.1) is 0 Å². The molecule has 0 spiro atoms. The van der Waals surface area contributed by atoms with Gasteiger partial charge < -0.3 is 10.5 Å². The molecule has 1 rings (SSSR count). The molecule has 1 aromatic rings. The first-order chi connectivity index (χ1) is 8.06. The van der Waals surface area contributed by atoms with Crippen molar-refractivity contribution in [3.05, 3.63) is 29.8 Å².